The number of hydrogen-bond acceptors (Lipinski definition) is 3. The highest BCUT2D eigenvalue weighted by Gasteiger charge is 2.10. The molecule has 0 aromatic heterocycles. The molecule has 2 aromatic carbocycles. The number of aromatic carboxylic acids is 1. The van der Waals surface area contributed by atoms with Crippen LogP contribution in [0, 0.1) is 5.82 Å². The summed E-state index contributed by atoms with van der Waals surface area (Å²) in [5.41, 5.74) is 6.54. The molecule has 0 saturated heterocycles. The number of halogens is 2. The molecule has 104 valence electrons. The fraction of sp³-hybridized carbons (Fsp3) is 0.0714. The predicted octanol–water partition coefficient (Wildman–Crippen LogP) is 4.05. The zero-order valence-electron chi connectivity index (χ0n) is 10.3. The first kappa shape index (κ1) is 14.7. The molecule has 3 nitrogen and oxygen atoms in total. The second kappa shape index (κ2) is 6.15. The van der Waals surface area contributed by atoms with Gasteiger partial charge in [-0.1, -0.05) is 17.7 Å². The number of carbonyl (C=O) groups is 1. The van der Waals surface area contributed by atoms with E-state index in [-0.39, 0.29) is 5.56 Å². The third-order valence-electron chi connectivity index (χ3n) is 2.61. The quantitative estimate of drug-likeness (QED) is 0.660. The van der Waals surface area contributed by atoms with E-state index < -0.39 is 11.8 Å². The van der Waals surface area contributed by atoms with E-state index in [4.69, 9.17) is 22.4 Å². The number of thioether (sulfide) groups is 1. The van der Waals surface area contributed by atoms with Crippen molar-refractivity contribution in [3.05, 3.63) is 58.4 Å². The summed E-state index contributed by atoms with van der Waals surface area (Å²) < 4.78 is 13.5. The number of carboxylic acid groups (broad SMARTS) is 1. The first-order valence-corrected chi connectivity index (χ1v) is 7.03. The van der Waals surface area contributed by atoms with Gasteiger partial charge in [0.15, 0.2) is 0 Å². The summed E-state index contributed by atoms with van der Waals surface area (Å²) in [7, 11) is 0. The van der Waals surface area contributed by atoms with Gasteiger partial charge in [0.25, 0.3) is 0 Å². The monoisotopic (exact) mass is 311 g/mol. The predicted molar refractivity (Wildman–Crippen MR) is 78.8 cm³/mol. The standard InChI is InChI=1S/C14H11ClFNO2S/c15-11-6-9(17)2-4-13(11)20-7-8-1-3-10(14(18)19)12(16)5-8/h1-6H,7,17H2,(H,18,19). The van der Waals surface area contributed by atoms with Crippen molar-refractivity contribution < 1.29 is 14.3 Å². The Morgan fingerprint density at radius 1 is 1.30 bits per heavy atom. The topological polar surface area (TPSA) is 63.3 Å². The van der Waals surface area contributed by atoms with Crippen LogP contribution in [0.15, 0.2) is 41.3 Å². The smallest absolute Gasteiger partial charge is 0.338 e. The second-order valence-corrected chi connectivity index (χ2v) is 5.52. The highest BCUT2D eigenvalue weighted by Crippen LogP contribution is 2.31. The molecule has 0 unspecified atom stereocenters. The van der Waals surface area contributed by atoms with Gasteiger partial charge in [-0.3, -0.25) is 0 Å². The summed E-state index contributed by atoms with van der Waals surface area (Å²) in [6.07, 6.45) is 0. The first-order valence-electron chi connectivity index (χ1n) is 5.67. The highest BCUT2D eigenvalue weighted by atomic mass is 35.5. The van der Waals surface area contributed by atoms with Crippen molar-refractivity contribution in [3.63, 3.8) is 0 Å². The van der Waals surface area contributed by atoms with Gasteiger partial charge in [0.1, 0.15) is 5.82 Å². The Morgan fingerprint density at radius 3 is 2.65 bits per heavy atom. The Hall–Kier alpha value is -1.72. The van der Waals surface area contributed by atoms with Gasteiger partial charge in [0.05, 0.1) is 10.6 Å². The van der Waals surface area contributed by atoms with Crippen LogP contribution < -0.4 is 5.73 Å². The maximum Gasteiger partial charge on any atom is 0.338 e. The molecule has 0 spiro atoms. The van der Waals surface area contributed by atoms with E-state index in [2.05, 4.69) is 0 Å². The summed E-state index contributed by atoms with van der Waals surface area (Å²) >= 11 is 7.47. The molecule has 3 N–H and O–H groups in total. The Kier molecular flexibility index (Phi) is 4.52. The maximum absolute atomic E-state index is 13.5. The summed E-state index contributed by atoms with van der Waals surface area (Å²) in [5.74, 6) is -1.53. The molecule has 0 atom stereocenters. The van der Waals surface area contributed by atoms with E-state index in [0.29, 0.717) is 22.0 Å². The maximum atomic E-state index is 13.5. The Bertz CT molecular complexity index is 664. The first-order chi connectivity index (χ1) is 9.47. The average Bonchev–Trinajstić information content (AvgIpc) is 2.37. The molecule has 2 aromatic rings. The lowest BCUT2D eigenvalue weighted by molar-refractivity contribution is 0.0692. The lowest BCUT2D eigenvalue weighted by Gasteiger charge is -2.06. The van der Waals surface area contributed by atoms with E-state index in [0.717, 1.165) is 4.90 Å². The second-order valence-electron chi connectivity index (χ2n) is 4.10. The van der Waals surface area contributed by atoms with Gasteiger partial charge in [0, 0.05) is 16.3 Å². The SMILES string of the molecule is Nc1ccc(SCc2ccc(C(=O)O)c(F)c2)c(Cl)c1. The van der Waals surface area contributed by atoms with E-state index in [1.54, 1.807) is 24.3 Å². The van der Waals surface area contributed by atoms with Gasteiger partial charge in [-0.25, -0.2) is 9.18 Å². The lowest BCUT2D eigenvalue weighted by atomic mass is 10.1. The van der Waals surface area contributed by atoms with Gasteiger partial charge in [-0.05, 0) is 35.9 Å². The van der Waals surface area contributed by atoms with Crippen LogP contribution in [0.5, 0.6) is 0 Å². The number of carboxylic acids is 1. The van der Waals surface area contributed by atoms with Crippen molar-refractivity contribution >= 4 is 35.0 Å². The molecule has 0 amide bonds. The largest absolute Gasteiger partial charge is 0.478 e. The van der Waals surface area contributed by atoms with Crippen LogP contribution >= 0.6 is 23.4 Å². The molecule has 2 rings (SSSR count). The normalized spacial score (nSPS) is 10.5. The van der Waals surface area contributed by atoms with Crippen molar-refractivity contribution in [2.24, 2.45) is 0 Å². The van der Waals surface area contributed by atoms with E-state index in [9.17, 15) is 9.18 Å². The molecule has 0 radical (unpaired) electrons. The van der Waals surface area contributed by atoms with E-state index >= 15 is 0 Å². The fourth-order valence-corrected chi connectivity index (χ4v) is 2.83. The molecule has 0 aliphatic carbocycles. The third kappa shape index (κ3) is 3.43. The van der Waals surface area contributed by atoms with Crippen LogP contribution in [-0.4, -0.2) is 11.1 Å². The molecule has 20 heavy (non-hydrogen) atoms. The van der Waals surface area contributed by atoms with Crippen LogP contribution in [0.3, 0.4) is 0 Å². The average molecular weight is 312 g/mol. The van der Waals surface area contributed by atoms with E-state index in [1.165, 1.54) is 23.9 Å². The van der Waals surface area contributed by atoms with Crippen LogP contribution in [0.4, 0.5) is 10.1 Å². The van der Waals surface area contributed by atoms with Gasteiger partial charge in [0.2, 0.25) is 0 Å². The Labute approximate surface area is 124 Å². The van der Waals surface area contributed by atoms with Gasteiger partial charge < -0.3 is 10.8 Å². The zero-order valence-corrected chi connectivity index (χ0v) is 11.8. The van der Waals surface area contributed by atoms with Crippen molar-refractivity contribution in [2.75, 3.05) is 5.73 Å². The number of hydrogen-bond donors (Lipinski definition) is 2. The van der Waals surface area contributed by atoms with Gasteiger partial charge in [-0.15, -0.1) is 11.8 Å². The third-order valence-corrected chi connectivity index (χ3v) is 4.18. The minimum atomic E-state index is -1.27. The van der Waals surface area contributed by atoms with Crippen molar-refractivity contribution in [1.29, 1.82) is 0 Å². The molecule has 0 heterocycles. The van der Waals surface area contributed by atoms with Crippen molar-refractivity contribution in [1.82, 2.24) is 0 Å². The number of nitrogens with two attached hydrogens (primary N) is 1. The summed E-state index contributed by atoms with van der Waals surface area (Å²) in [6, 6.07) is 9.26. The summed E-state index contributed by atoms with van der Waals surface area (Å²) in [4.78, 5) is 11.6. The summed E-state index contributed by atoms with van der Waals surface area (Å²) in [5, 5.41) is 9.29. The fourth-order valence-electron chi connectivity index (χ4n) is 1.62. The van der Waals surface area contributed by atoms with Crippen molar-refractivity contribution in [3.8, 4) is 0 Å². The number of benzene rings is 2. The lowest BCUT2D eigenvalue weighted by Crippen LogP contribution is -2.00. The van der Waals surface area contributed by atoms with Crippen LogP contribution in [-0.2, 0) is 5.75 Å². The molecule has 0 bridgehead atoms. The summed E-state index contributed by atoms with van der Waals surface area (Å²) in [6.45, 7) is 0. The minimum Gasteiger partial charge on any atom is -0.478 e. The highest BCUT2D eigenvalue weighted by molar-refractivity contribution is 7.98. The number of rotatable bonds is 4. The van der Waals surface area contributed by atoms with Gasteiger partial charge >= 0.3 is 5.97 Å². The molecular formula is C14H11ClFNO2S. The molecular weight excluding hydrogens is 301 g/mol. The van der Waals surface area contributed by atoms with Crippen LogP contribution in [0.1, 0.15) is 15.9 Å². The molecule has 0 aliphatic rings. The zero-order chi connectivity index (χ0) is 14.7. The Morgan fingerprint density at radius 2 is 2.05 bits per heavy atom. The molecule has 0 fully saturated rings. The van der Waals surface area contributed by atoms with Gasteiger partial charge in [-0.2, -0.15) is 0 Å². The minimum absolute atomic E-state index is 0.329. The number of anilines is 1. The molecule has 0 aliphatic heterocycles. The Balaban J connectivity index is 2.11. The van der Waals surface area contributed by atoms with Crippen molar-refractivity contribution in [2.45, 2.75) is 10.6 Å². The van der Waals surface area contributed by atoms with E-state index in [1.807, 2.05) is 0 Å². The van der Waals surface area contributed by atoms with Crippen LogP contribution in [0.2, 0.25) is 5.02 Å². The number of nitrogen functional groups attached to an aromatic ring is 1. The van der Waals surface area contributed by atoms with Crippen LogP contribution in [0.25, 0.3) is 0 Å². The molecule has 6 heteroatoms. The molecule has 0 saturated carbocycles.